The van der Waals surface area contributed by atoms with Crippen molar-refractivity contribution in [2.24, 2.45) is 5.92 Å². The van der Waals surface area contributed by atoms with Gasteiger partial charge in [-0.05, 0) is 55.4 Å². The zero-order valence-electron chi connectivity index (χ0n) is 19.7. The number of carbonyl (C=O) groups excluding carboxylic acids is 1. The van der Waals surface area contributed by atoms with E-state index in [2.05, 4.69) is 15.0 Å². The second-order valence-electron chi connectivity index (χ2n) is 8.65. The molecule has 1 aliphatic rings. The predicted octanol–water partition coefficient (Wildman–Crippen LogP) is 4.51. The number of carboxylic acid groups (broad SMARTS) is 1. The number of nitrogens with one attached hydrogen (secondary N) is 1. The molecule has 0 saturated heterocycles. The molecule has 12 heteroatoms. The van der Waals surface area contributed by atoms with Gasteiger partial charge in [0, 0.05) is 18.7 Å². The Labute approximate surface area is 204 Å². The van der Waals surface area contributed by atoms with Gasteiger partial charge in [0.2, 0.25) is 0 Å². The van der Waals surface area contributed by atoms with Gasteiger partial charge in [-0.25, -0.2) is 14.2 Å². The molecule has 0 unspecified atom stereocenters. The first-order chi connectivity index (χ1) is 16.9. The number of alkyl halides is 3. The molecule has 0 radical (unpaired) electrons. The Bertz CT molecular complexity index is 1100. The average molecular weight is 514 g/mol. The number of carbonyl (C=O) groups is 2. The van der Waals surface area contributed by atoms with Crippen molar-refractivity contribution in [1.29, 1.82) is 0 Å². The molecule has 0 aliphatic heterocycles. The molecule has 8 nitrogen and oxygen atoms in total. The lowest BCUT2D eigenvalue weighted by molar-refractivity contribution is -0.274. The fourth-order valence-electron chi connectivity index (χ4n) is 3.96. The molecule has 0 atom stereocenters. The Morgan fingerprint density at radius 3 is 2.53 bits per heavy atom. The van der Waals surface area contributed by atoms with E-state index >= 15 is 0 Å². The maximum absolute atomic E-state index is 14.1. The average Bonchev–Trinajstić information content (AvgIpc) is 2.81. The summed E-state index contributed by atoms with van der Waals surface area (Å²) in [7, 11) is 1.31. The summed E-state index contributed by atoms with van der Waals surface area (Å²) in [5.41, 5.74) is -1.43. The van der Waals surface area contributed by atoms with Crippen molar-refractivity contribution < 1.29 is 46.5 Å². The summed E-state index contributed by atoms with van der Waals surface area (Å²) in [5, 5.41) is 12.4. The molecule has 1 heterocycles. The van der Waals surface area contributed by atoms with Crippen LogP contribution >= 0.6 is 0 Å². The maximum atomic E-state index is 14.1. The van der Waals surface area contributed by atoms with E-state index in [1.165, 1.54) is 19.4 Å². The predicted molar refractivity (Wildman–Crippen MR) is 119 cm³/mol. The number of aliphatic carboxylic acids is 1. The summed E-state index contributed by atoms with van der Waals surface area (Å²) < 4.78 is 65.9. The van der Waals surface area contributed by atoms with Gasteiger partial charge in [-0.3, -0.25) is 4.79 Å². The number of benzene rings is 1. The summed E-state index contributed by atoms with van der Waals surface area (Å²) >= 11 is 0. The molecule has 2 N–H and O–H groups in total. The third kappa shape index (κ3) is 6.76. The number of pyridine rings is 1. The maximum Gasteiger partial charge on any atom is 0.573 e. The van der Waals surface area contributed by atoms with E-state index in [9.17, 15) is 32.3 Å². The van der Waals surface area contributed by atoms with Crippen LogP contribution in [0.2, 0.25) is 0 Å². The van der Waals surface area contributed by atoms with Gasteiger partial charge < -0.3 is 24.6 Å². The van der Waals surface area contributed by atoms with E-state index in [4.69, 9.17) is 9.47 Å². The first-order valence-electron chi connectivity index (χ1n) is 11.2. The summed E-state index contributed by atoms with van der Waals surface area (Å²) in [4.78, 5) is 28.8. The number of hydrogen-bond acceptors (Lipinski definition) is 6. The lowest BCUT2D eigenvalue weighted by atomic mass is 9.77. The monoisotopic (exact) mass is 514 g/mol. The standard InChI is InChI=1S/C24H26F4N2O6/c1-14-5-8-23(9-6-14,22(32)33)30-20(31)16-12-19(21(34-2)29-13-16)35-10-7-15-11-17(3-4-18(15)25)36-24(26,27)28/h3-4,11-14H,5-10H2,1-2H3,(H,30,31)(H,32,33). The number of amides is 1. The molecule has 0 bridgehead atoms. The molecule has 36 heavy (non-hydrogen) atoms. The van der Waals surface area contributed by atoms with Gasteiger partial charge in [0.1, 0.15) is 17.1 Å². The van der Waals surface area contributed by atoms with Crippen LogP contribution in [0.3, 0.4) is 0 Å². The lowest BCUT2D eigenvalue weighted by Gasteiger charge is -2.36. The van der Waals surface area contributed by atoms with Crippen LogP contribution in [0, 0.1) is 11.7 Å². The quantitative estimate of drug-likeness (QED) is 0.474. The number of carboxylic acids is 1. The molecule has 1 aromatic heterocycles. The third-order valence-corrected chi connectivity index (χ3v) is 6.04. The summed E-state index contributed by atoms with van der Waals surface area (Å²) in [6, 6.07) is 3.94. The molecule has 1 aliphatic carbocycles. The van der Waals surface area contributed by atoms with Crippen LogP contribution in [0.25, 0.3) is 0 Å². The zero-order valence-corrected chi connectivity index (χ0v) is 19.7. The molecule has 0 spiro atoms. The molecule has 2 aromatic rings. The summed E-state index contributed by atoms with van der Waals surface area (Å²) in [5.74, 6) is -2.68. The second-order valence-corrected chi connectivity index (χ2v) is 8.65. The van der Waals surface area contributed by atoms with Gasteiger partial charge >= 0.3 is 12.3 Å². The Balaban J connectivity index is 1.71. The molecular weight excluding hydrogens is 488 g/mol. The van der Waals surface area contributed by atoms with Crippen LogP contribution in [-0.2, 0) is 11.2 Å². The second kappa shape index (κ2) is 11.0. The minimum absolute atomic E-state index is 0.0145. The summed E-state index contributed by atoms with van der Waals surface area (Å²) in [6.07, 6.45) is -1.92. The molecule has 1 aromatic carbocycles. The van der Waals surface area contributed by atoms with Crippen molar-refractivity contribution >= 4 is 11.9 Å². The van der Waals surface area contributed by atoms with E-state index in [1.54, 1.807) is 0 Å². The Morgan fingerprint density at radius 1 is 1.22 bits per heavy atom. The van der Waals surface area contributed by atoms with Gasteiger partial charge in [0.15, 0.2) is 5.75 Å². The minimum Gasteiger partial charge on any atom is -0.488 e. The Morgan fingerprint density at radius 2 is 1.92 bits per heavy atom. The van der Waals surface area contributed by atoms with Crippen LogP contribution in [0.4, 0.5) is 17.6 Å². The highest BCUT2D eigenvalue weighted by molar-refractivity contribution is 5.98. The van der Waals surface area contributed by atoms with Gasteiger partial charge in [-0.2, -0.15) is 0 Å². The van der Waals surface area contributed by atoms with Crippen LogP contribution in [0.15, 0.2) is 30.5 Å². The van der Waals surface area contributed by atoms with Crippen molar-refractivity contribution in [2.75, 3.05) is 13.7 Å². The first-order valence-corrected chi connectivity index (χ1v) is 11.2. The third-order valence-electron chi connectivity index (χ3n) is 6.04. The van der Waals surface area contributed by atoms with E-state index in [0.717, 1.165) is 18.2 Å². The van der Waals surface area contributed by atoms with Crippen molar-refractivity contribution in [1.82, 2.24) is 10.3 Å². The zero-order chi connectivity index (χ0) is 26.5. The van der Waals surface area contributed by atoms with Crippen LogP contribution in [0.5, 0.6) is 17.4 Å². The Kier molecular flexibility index (Phi) is 8.26. The lowest BCUT2D eigenvalue weighted by Crippen LogP contribution is -2.56. The van der Waals surface area contributed by atoms with Crippen molar-refractivity contribution in [3.63, 3.8) is 0 Å². The van der Waals surface area contributed by atoms with E-state index in [-0.39, 0.29) is 35.8 Å². The minimum atomic E-state index is -4.92. The fraction of sp³-hybridized carbons (Fsp3) is 0.458. The van der Waals surface area contributed by atoms with E-state index in [1.807, 2.05) is 6.92 Å². The fourth-order valence-corrected chi connectivity index (χ4v) is 3.96. The molecule has 1 fully saturated rings. The van der Waals surface area contributed by atoms with Crippen molar-refractivity contribution in [3.05, 3.63) is 47.4 Å². The first kappa shape index (κ1) is 27.0. The van der Waals surface area contributed by atoms with Crippen LogP contribution in [-0.4, -0.2) is 47.6 Å². The van der Waals surface area contributed by atoms with Crippen LogP contribution < -0.4 is 19.5 Å². The topological polar surface area (TPSA) is 107 Å². The van der Waals surface area contributed by atoms with E-state index < -0.39 is 35.3 Å². The number of ether oxygens (including phenoxy) is 3. The molecule has 3 rings (SSSR count). The summed E-state index contributed by atoms with van der Waals surface area (Å²) in [6.45, 7) is 1.84. The smallest absolute Gasteiger partial charge is 0.488 e. The molecular formula is C24H26F4N2O6. The highest BCUT2D eigenvalue weighted by Gasteiger charge is 2.42. The Hall–Kier alpha value is -3.57. The number of nitrogens with zero attached hydrogens (tertiary/aromatic N) is 1. The van der Waals surface area contributed by atoms with Crippen LogP contribution in [0.1, 0.15) is 48.5 Å². The van der Waals surface area contributed by atoms with Crippen molar-refractivity contribution in [3.8, 4) is 17.4 Å². The van der Waals surface area contributed by atoms with E-state index in [0.29, 0.717) is 31.6 Å². The number of halogens is 4. The van der Waals surface area contributed by atoms with Crippen molar-refractivity contribution in [2.45, 2.75) is 50.9 Å². The number of hydrogen-bond donors (Lipinski definition) is 2. The molecule has 196 valence electrons. The largest absolute Gasteiger partial charge is 0.573 e. The van der Waals surface area contributed by atoms with Gasteiger partial charge in [0.25, 0.3) is 11.8 Å². The van der Waals surface area contributed by atoms with Gasteiger partial charge in [0.05, 0.1) is 19.3 Å². The highest BCUT2D eigenvalue weighted by atomic mass is 19.4. The molecule has 1 saturated carbocycles. The highest BCUT2D eigenvalue weighted by Crippen LogP contribution is 2.33. The number of methoxy groups -OCH3 is 1. The SMILES string of the molecule is COc1ncc(C(=O)NC2(C(=O)O)CCC(C)CC2)cc1OCCc1cc(OC(F)(F)F)ccc1F. The number of aromatic nitrogens is 1. The normalized spacial score (nSPS) is 19.9. The molecule has 1 amide bonds. The van der Waals surface area contributed by atoms with Gasteiger partial charge in [-0.1, -0.05) is 6.92 Å². The van der Waals surface area contributed by atoms with Gasteiger partial charge in [-0.15, -0.1) is 13.2 Å². The number of rotatable bonds is 9.